The van der Waals surface area contributed by atoms with Crippen molar-refractivity contribution in [3.8, 4) is 0 Å². The van der Waals surface area contributed by atoms with Crippen molar-refractivity contribution in [1.29, 1.82) is 0 Å². The van der Waals surface area contributed by atoms with Gasteiger partial charge in [-0.3, -0.25) is 4.74 Å². The maximum atomic E-state index is 13.2. The molecule has 2 bridgehead atoms. The minimum Gasteiger partial charge on any atom is -0.390 e. The fraction of sp³-hybridized carbons (Fsp3) is 1.00. The third kappa shape index (κ3) is 1.43. The van der Waals surface area contributed by atoms with Crippen LogP contribution < -0.4 is 0 Å². The van der Waals surface area contributed by atoms with Crippen molar-refractivity contribution in [3.63, 3.8) is 0 Å². The molecule has 2 fully saturated rings. The second-order valence-electron chi connectivity index (χ2n) is 4.11. The third-order valence-corrected chi connectivity index (χ3v) is 2.74. The van der Waals surface area contributed by atoms with Gasteiger partial charge in [0.15, 0.2) is 12.4 Å². The van der Waals surface area contributed by atoms with Crippen LogP contribution in [0.1, 0.15) is 21.6 Å². The molecule has 2 rings (SSSR count). The molecule has 0 aromatic carbocycles. The monoisotopic (exact) mass is 209 g/mol. The normalized spacial score (nSPS) is 52.1. The number of alkyl halides is 2. The van der Waals surface area contributed by atoms with Crippen LogP contribution in [0, 0.1) is 11.8 Å². The van der Waals surface area contributed by atoms with Crippen LogP contribution in [-0.4, -0.2) is 29.7 Å². The van der Waals surface area contributed by atoms with E-state index in [2.05, 4.69) is 4.74 Å². The molecule has 5 heteroatoms. The Kier molecular flexibility index (Phi) is 2.00. The molecular weight excluding hydrogens is 194 g/mol. The molecule has 0 aromatic heterocycles. The van der Waals surface area contributed by atoms with Crippen molar-refractivity contribution < 1.29 is 24.7 Å². The van der Waals surface area contributed by atoms with Crippen molar-refractivity contribution in [2.45, 2.75) is 44.9 Å². The van der Waals surface area contributed by atoms with E-state index in [4.69, 9.17) is 6.11 Å². The third-order valence-electron chi connectivity index (χ3n) is 2.74. The molecule has 14 heavy (non-hydrogen) atoms. The van der Waals surface area contributed by atoms with Crippen LogP contribution in [0.25, 0.3) is 0 Å². The van der Waals surface area contributed by atoms with Gasteiger partial charge < -0.3 is 9.84 Å². The smallest absolute Gasteiger partial charge is 0.386 e. The molecule has 0 aromatic rings. The van der Waals surface area contributed by atoms with E-state index in [9.17, 15) is 13.9 Å². The lowest BCUT2D eigenvalue weighted by Gasteiger charge is -2.34. The summed E-state index contributed by atoms with van der Waals surface area (Å²) >= 11 is 0. The predicted molar refractivity (Wildman–Crippen MR) is 43.6 cm³/mol. The molecular formula is C9H14F2O3. The van der Waals surface area contributed by atoms with Crippen molar-refractivity contribution in [2.75, 3.05) is 0 Å². The molecule has 5 atom stereocenters. The number of aliphatic hydroxyl groups excluding tert-OH is 1. The summed E-state index contributed by atoms with van der Waals surface area (Å²) in [5, 5.41) is 9.73. The molecule has 2 aliphatic rings. The molecule has 2 saturated heterocycles. The van der Waals surface area contributed by atoms with Gasteiger partial charge in [-0.15, -0.1) is 0 Å². The van der Waals surface area contributed by atoms with Crippen molar-refractivity contribution in [3.05, 3.63) is 0 Å². The molecule has 0 amide bonds. The molecule has 82 valence electrons. The first kappa shape index (κ1) is 9.00. The van der Waals surface area contributed by atoms with Crippen LogP contribution in [-0.2, 0) is 9.47 Å². The maximum Gasteiger partial charge on any atom is 0.386 e. The average Bonchev–Trinajstić information content (AvgIpc) is 2.36. The Morgan fingerprint density at radius 1 is 1.57 bits per heavy atom. The van der Waals surface area contributed by atoms with Gasteiger partial charge in [-0.1, -0.05) is 13.8 Å². The Bertz CT molecular complexity index is 262. The highest BCUT2D eigenvalue weighted by Gasteiger charge is 2.60. The zero-order chi connectivity index (χ0) is 11.4. The van der Waals surface area contributed by atoms with E-state index in [0.29, 0.717) is 0 Å². The van der Waals surface area contributed by atoms with Gasteiger partial charge in [-0.25, -0.2) is 0 Å². The highest BCUT2D eigenvalue weighted by molar-refractivity contribution is 4.93. The number of aliphatic hydroxyl groups is 1. The summed E-state index contributed by atoms with van der Waals surface area (Å²) in [6.07, 6.45) is -8.64. The number of hydrogen-bond donors (Lipinski definition) is 1. The summed E-state index contributed by atoms with van der Waals surface area (Å²) in [7, 11) is 0. The summed E-state index contributed by atoms with van der Waals surface area (Å²) in [6.45, 7) is 3.58. The van der Waals surface area contributed by atoms with Crippen LogP contribution in [0.2, 0.25) is 0 Å². The SMILES string of the molecule is [2H][C@@H]1[C@@H]2O[C@H]([C@@H](O)[C@@H]1C(C)C)C(F)(F)O2. The molecule has 1 N–H and O–H groups in total. The summed E-state index contributed by atoms with van der Waals surface area (Å²) in [5.74, 6) is -0.601. The number of hydrogen-bond acceptors (Lipinski definition) is 3. The topological polar surface area (TPSA) is 38.7 Å². The Hall–Kier alpha value is -0.260. The summed E-state index contributed by atoms with van der Waals surface area (Å²) in [4.78, 5) is 0. The van der Waals surface area contributed by atoms with E-state index in [1.165, 1.54) is 0 Å². The minimum atomic E-state index is -3.48. The maximum absolute atomic E-state index is 13.2. The standard InChI is InChI=1S/C9H14F2O3/c1-4(2)5-3-6-13-8(7(5)12)9(10,11)14-6/h4-8,12H,3H2,1-2H3/t5-,6+,7-,8+/m0/s1/i3D/t3-,5-,6+,7-,8+. The highest BCUT2D eigenvalue weighted by Crippen LogP contribution is 2.45. The molecule has 0 aliphatic carbocycles. The Morgan fingerprint density at radius 3 is 2.79 bits per heavy atom. The Balaban J connectivity index is 2.27. The van der Waals surface area contributed by atoms with Crippen molar-refractivity contribution >= 4 is 0 Å². The predicted octanol–water partition coefficient (Wildman–Crippen LogP) is 1.36. The van der Waals surface area contributed by atoms with Crippen LogP contribution in [0.3, 0.4) is 0 Å². The molecule has 2 aliphatic heterocycles. The van der Waals surface area contributed by atoms with Crippen LogP contribution >= 0.6 is 0 Å². The molecule has 0 radical (unpaired) electrons. The average molecular weight is 209 g/mol. The second kappa shape index (κ2) is 3.12. The lowest BCUT2D eigenvalue weighted by atomic mass is 9.83. The van der Waals surface area contributed by atoms with Gasteiger partial charge in [0.1, 0.15) is 0 Å². The molecule has 3 nitrogen and oxygen atoms in total. The Morgan fingerprint density at radius 2 is 2.21 bits per heavy atom. The van der Waals surface area contributed by atoms with Gasteiger partial charge in [0.25, 0.3) is 0 Å². The molecule has 2 heterocycles. The first-order valence-corrected chi connectivity index (χ1v) is 4.66. The van der Waals surface area contributed by atoms with Gasteiger partial charge in [0.2, 0.25) is 0 Å². The zero-order valence-electron chi connectivity index (χ0n) is 8.98. The summed E-state index contributed by atoms with van der Waals surface area (Å²) < 4.78 is 43.2. The van der Waals surface area contributed by atoms with Crippen LogP contribution in [0.4, 0.5) is 8.78 Å². The Labute approximate surface area is 82.4 Å². The molecule has 0 saturated carbocycles. The highest BCUT2D eigenvalue weighted by atomic mass is 19.3. The van der Waals surface area contributed by atoms with Gasteiger partial charge in [-0.2, -0.15) is 8.78 Å². The lowest BCUT2D eigenvalue weighted by molar-refractivity contribution is -0.233. The number of halogens is 2. The van der Waals surface area contributed by atoms with E-state index in [-0.39, 0.29) is 5.92 Å². The quantitative estimate of drug-likeness (QED) is 0.708. The number of ether oxygens (including phenoxy) is 2. The molecule has 0 spiro atoms. The van der Waals surface area contributed by atoms with Gasteiger partial charge in [0.05, 0.1) is 6.10 Å². The number of rotatable bonds is 1. The van der Waals surface area contributed by atoms with Gasteiger partial charge in [0, 0.05) is 7.77 Å². The van der Waals surface area contributed by atoms with Crippen molar-refractivity contribution in [1.82, 2.24) is 0 Å². The van der Waals surface area contributed by atoms with Crippen LogP contribution in [0.5, 0.6) is 0 Å². The van der Waals surface area contributed by atoms with Gasteiger partial charge in [-0.05, 0) is 11.8 Å². The first-order valence-electron chi connectivity index (χ1n) is 5.23. The van der Waals surface area contributed by atoms with E-state index < -0.39 is 36.9 Å². The van der Waals surface area contributed by atoms with E-state index >= 15 is 0 Å². The lowest BCUT2D eigenvalue weighted by Crippen LogP contribution is -2.47. The fourth-order valence-corrected chi connectivity index (χ4v) is 1.95. The van der Waals surface area contributed by atoms with Gasteiger partial charge >= 0.3 is 6.11 Å². The van der Waals surface area contributed by atoms with E-state index in [0.717, 1.165) is 0 Å². The largest absolute Gasteiger partial charge is 0.390 e. The van der Waals surface area contributed by atoms with Crippen LogP contribution in [0.15, 0.2) is 0 Å². The number of fused-ring (bicyclic) bond motifs is 2. The molecule has 0 unspecified atom stereocenters. The zero-order valence-corrected chi connectivity index (χ0v) is 7.98. The summed E-state index contributed by atoms with van der Waals surface area (Å²) in [6, 6.07) is 0. The van der Waals surface area contributed by atoms with E-state index in [1.54, 1.807) is 13.8 Å². The van der Waals surface area contributed by atoms with Crippen molar-refractivity contribution in [2.24, 2.45) is 11.8 Å². The minimum absolute atomic E-state index is 0.0612. The summed E-state index contributed by atoms with van der Waals surface area (Å²) in [5.41, 5.74) is 0. The van der Waals surface area contributed by atoms with E-state index in [1.807, 2.05) is 0 Å². The fourth-order valence-electron chi connectivity index (χ4n) is 1.95. The second-order valence-corrected chi connectivity index (χ2v) is 4.11. The first-order chi connectivity index (χ1) is 6.84.